The Balaban J connectivity index is 1.29. The number of aryl methyl sites for hydroxylation is 2. The van der Waals surface area contributed by atoms with Crippen molar-refractivity contribution in [2.24, 2.45) is 11.8 Å². The third kappa shape index (κ3) is 10.8. The van der Waals surface area contributed by atoms with Crippen LogP contribution < -0.4 is 0 Å². The van der Waals surface area contributed by atoms with Gasteiger partial charge in [-0.25, -0.2) is 9.97 Å². The highest BCUT2D eigenvalue weighted by Crippen LogP contribution is 2.34. The van der Waals surface area contributed by atoms with Gasteiger partial charge in [-0.15, -0.1) is 0 Å². The normalized spacial score (nSPS) is 18.1. The first-order valence-corrected chi connectivity index (χ1v) is 15.2. The van der Waals surface area contributed by atoms with Crippen LogP contribution in [0, 0.1) is 11.8 Å². The molecule has 2 nitrogen and oxygen atoms in total. The van der Waals surface area contributed by atoms with Crippen molar-refractivity contribution >= 4 is 0 Å². The number of aromatic nitrogens is 2. The summed E-state index contributed by atoms with van der Waals surface area (Å²) in [5, 5.41) is 0. The second-order valence-corrected chi connectivity index (χ2v) is 11.3. The first-order chi connectivity index (χ1) is 17.3. The van der Waals surface area contributed by atoms with Gasteiger partial charge < -0.3 is 0 Å². The highest BCUT2D eigenvalue weighted by molar-refractivity contribution is 5.55. The average Bonchev–Trinajstić information content (AvgIpc) is 2.90. The van der Waals surface area contributed by atoms with Crippen molar-refractivity contribution in [1.29, 1.82) is 0 Å². The predicted octanol–water partition coefficient (Wildman–Crippen LogP) is 10.1. The van der Waals surface area contributed by atoms with Crippen LogP contribution in [0.3, 0.4) is 0 Å². The summed E-state index contributed by atoms with van der Waals surface area (Å²) in [6, 6.07) is 8.98. The van der Waals surface area contributed by atoms with E-state index in [0.717, 1.165) is 29.6 Å². The Labute approximate surface area is 216 Å². The molecule has 2 heteroatoms. The molecule has 1 aromatic heterocycles. The molecular weight excluding hydrogens is 424 g/mol. The van der Waals surface area contributed by atoms with E-state index in [4.69, 9.17) is 0 Å². The lowest BCUT2D eigenvalue weighted by Gasteiger charge is -2.28. The van der Waals surface area contributed by atoms with Crippen LogP contribution in [-0.4, -0.2) is 9.97 Å². The van der Waals surface area contributed by atoms with E-state index in [-0.39, 0.29) is 0 Å². The van der Waals surface area contributed by atoms with Crippen molar-refractivity contribution in [3.8, 4) is 11.4 Å². The van der Waals surface area contributed by atoms with E-state index in [1.54, 1.807) is 0 Å². The molecule has 0 unspecified atom stereocenters. The van der Waals surface area contributed by atoms with Crippen molar-refractivity contribution < 1.29 is 0 Å². The summed E-state index contributed by atoms with van der Waals surface area (Å²) in [7, 11) is 0. The third-order valence-corrected chi connectivity index (χ3v) is 8.25. The van der Waals surface area contributed by atoms with Crippen LogP contribution in [-0.2, 0) is 12.8 Å². The standard InChI is InChI=1S/C33H52N2/c1-3-5-7-8-9-11-17-31-26-34-33(35-27-31)32-24-22-30(23-25-32)16-13-12-15-29-20-18-28(19-21-29)14-10-6-4-2/h22-29H,3-21H2,1-2H3. The number of benzene rings is 1. The summed E-state index contributed by atoms with van der Waals surface area (Å²) in [6.45, 7) is 4.59. The van der Waals surface area contributed by atoms with Crippen LogP contribution in [0.2, 0.25) is 0 Å². The minimum absolute atomic E-state index is 0.855. The highest BCUT2D eigenvalue weighted by atomic mass is 14.9. The number of nitrogens with zero attached hydrogens (tertiary/aromatic N) is 2. The van der Waals surface area contributed by atoms with Crippen LogP contribution in [0.4, 0.5) is 0 Å². The highest BCUT2D eigenvalue weighted by Gasteiger charge is 2.20. The van der Waals surface area contributed by atoms with E-state index in [1.165, 1.54) is 127 Å². The van der Waals surface area contributed by atoms with Gasteiger partial charge in [0.25, 0.3) is 0 Å². The van der Waals surface area contributed by atoms with Crippen LogP contribution in [0.25, 0.3) is 11.4 Å². The Morgan fingerprint density at radius 1 is 0.571 bits per heavy atom. The molecule has 1 aliphatic rings. The fraction of sp³-hybridized carbons (Fsp3) is 0.697. The zero-order valence-corrected chi connectivity index (χ0v) is 22.9. The Bertz CT molecular complexity index is 772. The topological polar surface area (TPSA) is 25.8 Å². The fourth-order valence-corrected chi connectivity index (χ4v) is 5.82. The molecule has 0 radical (unpaired) electrons. The molecule has 35 heavy (non-hydrogen) atoms. The predicted molar refractivity (Wildman–Crippen MR) is 152 cm³/mol. The summed E-state index contributed by atoms with van der Waals surface area (Å²) in [4.78, 5) is 9.30. The lowest BCUT2D eigenvalue weighted by Crippen LogP contribution is -2.14. The Kier molecular flexibility index (Phi) is 13.4. The van der Waals surface area contributed by atoms with Gasteiger partial charge in [0.15, 0.2) is 5.82 Å². The molecule has 1 fully saturated rings. The molecule has 0 atom stereocenters. The number of rotatable bonds is 17. The molecule has 1 heterocycles. The van der Waals surface area contributed by atoms with Gasteiger partial charge in [-0.05, 0) is 48.6 Å². The summed E-state index contributed by atoms with van der Waals surface area (Å²) in [6.07, 6.45) is 30.2. The second kappa shape index (κ2) is 16.9. The maximum Gasteiger partial charge on any atom is 0.159 e. The van der Waals surface area contributed by atoms with Crippen LogP contribution in [0.1, 0.15) is 134 Å². The maximum atomic E-state index is 4.65. The largest absolute Gasteiger partial charge is 0.236 e. The summed E-state index contributed by atoms with van der Waals surface area (Å²) in [5.41, 5.74) is 3.86. The molecule has 0 bridgehead atoms. The maximum absolute atomic E-state index is 4.65. The number of unbranched alkanes of at least 4 members (excludes halogenated alkanes) is 8. The van der Waals surface area contributed by atoms with Crippen molar-refractivity contribution in [1.82, 2.24) is 9.97 Å². The Hall–Kier alpha value is -1.70. The summed E-state index contributed by atoms with van der Waals surface area (Å²) in [5.74, 6) is 2.89. The zero-order chi connectivity index (χ0) is 24.6. The quantitative estimate of drug-likeness (QED) is 0.212. The van der Waals surface area contributed by atoms with Gasteiger partial charge in [0.05, 0.1) is 0 Å². The molecule has 0 N–H and O–H groups in total. The minimum Gasteiger partial charge on any atom is -0.236 e. The van der Waals surface area contributed by atoms with Crippen LogP contribution in [0.15, 0.2) is 36.7 Å². The zero-order valence-electron chi connectivity index (χ0n) is 22.9. The van der Waals surface area contributed by atoms with Crippen molar-refractivity contribution in [3.63, 3.8) is 0 Å². The molecule has 1 saturated carbocycles. The van der Waals surface area contributed by atoms with Crippen molar-refractivity contribution in [3.05, 3.63) is 47.8 Å². The lowest BCUT2D eigenvalue weighted by atomic mass is 9.78. The monoisotopic (exact) mass is 476 g/mol. The molecule has 1 aromatic carbocycles. The molecule has 1 aliphatic carbocycles. The number of hydrogen-bond donors (Lipinski definition) is 0. The van der Waals surface area contributed by atoms with E-state index in [9.17, 15) is 0 Å². The summed E-state index contributed by atoms with van der Waals surface area (Å²) < 4.78 is 0. The molecule has 0 spiro atoms. The van der Waals surface area contributed by atoms with Gasteiger partial charge in [-0.1, -0.05) is 134 Å². The molecule has 3 rings (SSSR count). The molecule has 2 aromatic rings. The van der Waals surface area contributed by atoms with Gasteiger partial charge in [0.1, 0.15) is 0 Å². The van der Waals surface area contributed by atoms with E-state index in [2.05, 4.69) is 48.1 Å². The van der Waals surface area contributed by atoms with Gasteiger partial charge in [-0.2, -0.15) is 0 Å². The third-order valence-electron chi connectivity index (χ3n) is 8.25. The van der Waals surface area contributed by atoms with Crippen molar-refractivity contribution in [2.45, 2.75) is 136 Å². The van der Waals surface area contributed by atoms with E-state index < -0.39 is 0 Å². The summed E-state index contributed by atoms with van der Waals surface area (Å²) >= 11 is 0. The molecule has 0 saturated heterocycles. The lowest BCUT2D eigenvalue weighted by molar-refractivity contribution is 0.245. The molecule has 0 amide bonds. The van der Waals surface area contributed by atoms with E-state index >= 15 is 0 Å². The van der Waals surface area contributed by atoms with Crippen LogP contribution in [0.5, 0.6) is 0 Å². The first-order valence-electron chi connectivity index (χ1n) is 15.2. The molecular formula is C33H52N2. The van der Waals surface area contributed by atoms with Gasteiger partial charge in [-0.3, -0.25) is 0 Å². The molecule has 0 aliphatic heterocycles. The van der Waals surface area contributed by atoms with E-state index in [0.29, 0.717) is 0 Å². The number of hydrogen-bond acceptors (Lipinski definition) is 2. The van der Waals surface area contributed by atoms with Gasteiger partial charge >= 0.3 is 0 Å². The van der Waals surface area contributed by atoms with Gasteiger partial charge in [0.2, 0.25) is 0 Å². The van der Waals surface area contributed by atoms with Crippen molar-refractivity contribution in [2.75, 3.05) is 0 Å². The molecule has 194 valence electrons. The Morgan fingerprint density at radius 2 is 1.06 bits per heavy atom. The minimum atomic E-state index is 0.855. The Morgan fingerprint density at radius 3 is 1.69 bits per heavy atom. The SMILES string of the molecule is CCCCCCCCc1cnc(-c2ccc(CCCCC3CCC(CCCCC)CC3)cc2)nc1. The first kappa shape index (κ1) is 27.9. The smallest absolute Gasteiger partial charge is 0.159 e. The fourth-order valence-electron chi connectivity index (χ4n) is 5.82. The van der Waals surface area contributed by atoms with Gasteiger partial charge in [0, 0.05) is 18.0 Å². The second-order valence-electron chi connectivity index (χ2n) is 11.3. The van der Waals surface area contributed by atoms with Crippen LogP contribution >= 0.6 is 0 Å². The van der Waals surface area contributed by atoms with E-state index in [1.807, 2.05) is 12.4 Å². The average molecular weight is 477 g/mol.